The number of rotatable bonds is 37. The van der Waals surface area contributed by atoms with Gasteiger partial charge in [0, 0.05) is 19.4 Å². The molecule has 0 saturated heterocycles. The number of ether oxygens (including phenoxy) is 1. The van der Waals surface area contributed by atoms with Crippen molar-refractivity contribution in [3.8, 4) is 0 Å². The van der Waals surface area contributed by atoms with Gasteiger partial charge in [-0.05, 0) is 44.9 Å². The van der Waals surface area contributed by atoms with Gasteiger partial charge in [-0.3, -0.25) is 18.6 Å². The summed E-state index contributed by atoms with van der Waals surface area (Å²) in [5, 5.41) is 12.6. The molecule has 0 radical (unpaired) electrons. The Morgan fingerprint density at radius 3 is 1.72 bits per heavy atom. The average Bonchev–Trinajstić information content (AvgIpc) is 3.10. The van der Waals surface area contributed by atoms with E-state index in [9.17, 15) is 24.2 Å². The van der Waals surface area contributed by atoms with E-state index in [4.69, 9.17) is 13.8 Å². The van der Waals surface area contributed by atoms with Crippen molar-refractivity contribution in [1.29, 1.82) is 0 Å². The van der Waals surface area contributed by atoms with Crippen molar-refractivity contribution in [3.63, 3.8) is 0 Å². The van der Waals surface area contributed by atoms with Crippen LogP contribution in [0.15, 0.2) is 36.5 Å². The molecule has 0 spiro atoms. The first kappa shape index (κ1) is 48.2. The van der Waals surface area contributed by atoms with Gasteiger partial charge >= 0.3 is 13.8 Å². The van der Waals surface area contributed by atoms with Gasteiger partial charge in [-0.15, -0.1) is 0 Å². The Labute approximate surface area is 305 Å². The maximum Gasteiger partial charge on any atom is 0.472 e. The first-order chi connectivity index (χ1) is 24.3. The number of esters is 1. The maximum absolute atomic E-state index is 12.1. The number of unbranched alkanes of at least 4 members (excludes halogenated alkanes) is 18. The summed E-state index contributed by atoms with van der Waals surface area (Å²) < 4.78 is 26.8. The van der Waals surface area contributed by atoms with Crippen LogP contribution in [0.4, 0.5) is 0 Å². The predicted octanol–water partition coefficient (Wildman–Crippen LogP) is 10.6. The fraction of sp³-hybridized carbons (Fsp3) is 0.800. The Morgan fingerprint density at radius 1 is 0.640 bits per heavy atom. The van der Waals surface area contributed by atoms with Crippen LogP contribution in [0.3, 0.4) is 0 Å². The van der Waals surface area contributed by atoms with Gasteiger partial charge in [0.15, 0.2) is 0 Å². The lowest BCUT2D eigenvalue weighted by Crippen LogP contribution is -2.27. The maximum atomic E-state index is 12.1. The predicted molar refractivity (Wildman–Crippen MR) is 206 cm³/mol. The molecule has 292 valence electrons. The van der Waals surface area contributed by atoms with E-state index < -0.39 is 26.5 Å². The van der Waals surface area contributed by atoms with Crippen LogP contribution < -0.4 is 5.32 Å². The molecule has 50 heavy (non-hydrogen) atoms. The van der Waals surface area contributed by atoms with Gasteiger partial charge in [-0.25, -0.2) is 4.57 Å². The standard InChI is InChI=1S/C40H74NO8P/c1-3-5-7-9-11-13-15-17-19-20-22-24-26-28-30-32-39(43)41-34-35-48-50(45,46)49-37-38(42)36-47-40(44)33-31-29-27-25-23-21-18-16-14-12-10-8-6-4-2/h5,7,11,13,17,19,38,42H,3-4,6,8-10,12,14-16,18,20-37H2,1-2H3,(H,41,43)(H,45,46)/b7-5-,13-11-,19-17-. The lowest BCUT2D eigenvalue weighted by Gasteiger charge is -2.15. The SMILES string of the molecule is CC/C=C\C/C=C\C/C=C\CCCCCCCC(=O)NCCOP(=O)(O)OCC(O)COC(=O)CCCCCCCCCCCCCCCC. The molecule has 0 fully saturated rings. The second-order valence-corrected chi connectivity index (χ2v) is 14.7. The summed E-state index contributed by atoms with van der Waals surface area (Å²) in [6.07, 6.45) is 39.3. The lowest BCUT2D eigenvalue weighted by atomic mass is 10.0. The summed E-state index contributed by atoms with van der Waals surface area (Å²) in [6.45, 7) is 3.42. The van der Waals surface area contributed by atoms with Crippen LogP contribution in [0.2, 0.25) is 0 Å². The Hall–Kier alpha value is -1.77. The molecule has 2 atom stereocenters. The molecular formula is C40H74NO8P. The molecule has 0 aliphatic heterocycles. The molecule has 0 aliphatic carbocycles. The molecule has 1 amide bonds. The van der Waals surface area contributed by atoms with Crippen LogP contribution in [-0.4, -0.2) is 54.3 Å². The molecule has 9 nitrogen and oxygen atoms in total. The zero-order valence-corrected chi connectivity index (χ0v) is 32.7. The van der Waals surface area contributed by atoms with E-state index in [0.717, 1.165) is 77.0 Å². The normalized spacial score (nSPS) is 13.8. The highest BCUT2D eigenvalue weighted by Crippen LogP contribution is 2.42. The number of allylic oxidation sites excluding steroid dienone is 6. The van der Waals surface area contributed by atoms with Gasteiger partial charge in [-0.1, -0.05) is 153 Å². The fourth-order valence-corrected chi connectivity index (χ4v) is 6.09. The number of aliphatic hydroxyl groups excluding tert-OH is 1. The number of nitrogens with one attached hydrogen (secondary N) is 1. The van der Waals surface area contributed by atoms with Crippen LogP contribution in [0, 0.1) is 0 Å². The smallest absolute Gasteiger partial charge is 0.463 e. The third kappa shape index (κ3) is 37.5. The van der Waals surface area contributed by atoms with Crippen molar-refractivity contribution in [2.45, 2.75) is 180 Å². The highest BCUT2D eigenvalue weighted by molar-refractivity contribution is 7.47. The van der Waals surface area contributed by atoms with Gasteiger partial charge in [0.05, 0.1) is 13.2 Å². The summed E-state index contributed by atoms with van der Waals surface area (Å²) in [4.78, 5) is 33.8. The van der Waals surface area contributed by atoms with Crippen molar-refractivity contribution < 1.29 is 37.9 Å². The number of amides is 1. The Morgan fingerprint density at radius 2 is 1.14 bits per heavy atom. The zero-order valence-electron chi connectivity index (χ0n) is 31.8. The molecule has 0 aromatic carbocycles. The van der Waals surface area contributed by atoms with E-state index in [1.165, 1.54) is 70.6 Å². The Kier molecular flexibility index (Phi) is 35.7. The summed E-state index contributed by atoms with van der Waals surface area (Å²) in [5.74, 6) is -0.532. The van der Waals surface area contributed by atoms with Crippen LogP contribution in [0.25, 0.3) is 0 Å². The minimum Gasteiger partial charge on any atom is -0.463 e. The quantitative estimate of drug-likeness (QED) is 0.0249. The first-order valence-corrected chi connectivity index (χ1v) is 21.5. The Bertz CT molecular complexity index is 923. The Balaban J connectivity index is 3.63. The number of phosphoric ester groups is 1. The molecule has 0 aliphatic rings. The molecule has 0 aromatic heterocycles. The number of phosphoric acid groups is 1. The molecule has 3 N–H and O–H groups in total. The van der Waals surface area contributed by atoms with Gasteiger partial charge in [-0.2, -0.15) is 0 Å². The second-order valence-electron chi connectivity index (χ2n) is 13.2. The van der Waals surface area contributed by atoms with Gasteiger partial charge < -0.3 is 20.1 Å². The van der Waals surface area contributed by atoms with Crippen LogP contribution >= 0.6 is 7.82 Å². The zero-order chi connectivity index (χ0) is 36.8. The largest absolute Gasteiger partial charge is 0.472 e. The topological polar surface area (TPSA) is 131 Å². The van der Waals surface area contributed by atoms with E-state index in [1.54, 1.807) is 0 Å². The molecule has 2 unspecified atom stereocenters. The van der Waals surface area contributed by atoms with Crippen LogP contribution in [0.5, 0.6) is 0 Å². The van der Waals surface area contributed by atoms with Crippen molar-refractivity contribution in [2.75, 3.05) is 26.4 Å². The molecule has 10 heteroatoms. The van der Waals surface area contributed by atoms with Gasteiger partial charge in [0.2, 0.25) is 5.91 Å². The van der Waals surface area contributed by atoms with Crippen molar-refractivity contribution in [2.24, 2.45) is 0 Å². The van der Waals surface area contributed by atoms with E-state index >= 15 is 0 Å². The number of hydrogen-bond donors (Lipinski definition) is 3. The molecule has 0 heterocycles. The third-order valence-corrected chi connectivity index (χ3v) is 9.32. The minimum atomic E-state index is -4.41. The summed E-state index contributed by atoms with van der Waals surface area (Å²) in [6, 6.07) is 0. The van der Waals surface area contributed by atoms with E-state index in [2.05, 4.69) is 55.6 Å². The fourth-order valence-electron chi connectivity index (χ4n) is 5.34. The van der Waals surface area contributed by atoms with Gasteiger partial charge in [0.25, 0.3) is 0 Å². The van der Waals surface area contributed by atoms with E-state index in [-0.39, 0.29) is 32.1 Å². The second kappa shape index (κ2) is 37.0. The van der Waals surface area contributed by atoms with E-state index in [0.29, 0.717) is 6.42 Å². The summed E-state index contributed by atoms with van der Waals surface area (Å²) in [7, 11) is -4.41. The highest BCUT2D eigenvalue weighted by Gasteiger charge is 2.23. The van der Waals surface area contributed by atoms with Crippen molar-refractivity contribution in [3.05, 3.63) is 36.5 Å². The van der Waals surface area contributed by atoms with Crippen LogP contribution in [0.1, 0.15) is 174 Å². The lowest BCUT2D eigenvalue weighted by molar-refractivity contribution is -0.147. The number of carbonyl (C=O) groups excluding carboxylic acids is 2. The summed E-state index contributed by atoms with van der Waals surface area (Å²) in [5.41, 5.74) is 0. The summed E-state index contributed by atoms with van der Waals surface area (Å²) >= 11 is 0. The molecule has 0 aromatic rings. The molecule has 0 rings (SSSR count). The van der Waals surface area contributed by atoms with E-state index in [1.807, 2.05) is 0 Å². The van der Waals surface area contributed by atoms with Gasteiger partial charge in [0.1, 0.15) is 12.7 Å². The highest BCUT2D eigenvalue weighted by atomic mass is 31.2. The minimum absolute atomic E-state index is 0.0725. The molecule has 0 saturated carbocycles. The van der Waals surface area contributed by atoms with Crippen molar-refractivity contribution >= 4 is 19.7 Å². The first-order valence-electron chi connectivity index (χ1n) is 20.0. The number of aliphatic hydroxyl groups is 1. The average molecular weight is 728 g/mol. The van der Waals surface area contributed by atoms with Crippen molar-refractivity contribution in [1.82, 2.24) is 5.32 Å². The molecular weight excluding hydrogens is 653 g/mol. The molecule has 0 bridgehead atoms. The monoisotopic (exact) mass is 728 g/mol. The third-order valence-electron chi connectivity index (χ3n) is 8.33. The number of hydrogen-bond acceptors (Lipinski definition) is 7. The van der Waals surface area contributed by atoms with Crippen LogP contribution in [-0.2, 0) is 27.9 Å². The number of carbonyl (C=O) groups is 2.